The Kier molecular flexibility index (Phi) is 3.87. The molecular weight excluding hydrogens is 307 g/mol. The predicted molar refractivity (Wildman–Crippen MR) is 83.2 cm³/mol. The summed E-state index contributed by atoms with van der Waals surface area (Å²) in [4.78, 5) is 16.3. The van der Waals surface area contributed by atoms with Crippen molar-refractivity contribution in [2.75, 3.05) is 0 Å². The van der Waals surface area contributed by atoms with Crippen molar-refractivity contribution in [3.05, 3.63) is 66.0 Å². The summed E-state index contributed by atoms with van der Waals surface area (Å²) in [5, 5.41) is 3.03. The number of aromatic nitrogens is 1. The number of amides is 1. The molecule has 2 aromatic rings. The molecule has 1 N–H and O–H groups in total. The second kappa shape index (κ2) is 5.66. The molecule has 3 nitrogen and oxygen atoms in total. The number of nitrogens with one attached hydrogen (secondary N) is 1. The fourth-order valence-corrected chi connectivity index (χ4v) is 2.81. The highest BCUT2D eigenvalue weighted by atomic mass is 35.5. The molecule has 5 heteroatoms. The van der Waals surface area contributed by atoms with Gasteiger partial charge in [0.25, 0.3) is 0 Å². The Balaban J connectivity index is 1.85. The second-order valence-electron chi connectivity index (χ2n) is 5.15. The van der Waals surface area contributed by atoms with Crippen LogP contribution in [-0.4, -0.2) is 15.2 Å². The number of hydrogen-bond acceptors (Lipinski definition) is 2. The fourth-order valence-electron chi connectivity index (χ4n) is 2.30. The zero-order chi connectivity index (χ0) is 14.9. The van der Waals surface area contributed by atoms with Crippen molar-refractivity contribution in [1.29, 1.82) is 0 Å². The van der Waals surface area contributed by atoms with Gasteiger partial charge in [-0.2, -0.15) is 0 Å². The van der Waals surface area contributed by atoms with E-state index in [9.17, 15) is 4.79 Å². The van der Waals surface area contributed by atoms with Gasteiger partial charge in [-0.3, -0.25) is 9.78 Å². The van der Waals surface area contributed by atoms with E-state index in [2.05, 4.69) is 10.3 Å². The van der Waals surface area contributed by atoms with Crippen LogP contribution >= 0.6 is 23.2 Å². The normalized spacial score (nSPS) is 20.6. The van der Waals surface area contributed by atoms with E-state index in [1.54, 1.807) is 12.4 Å². The SMILES string of the molecule is O=C(NC(c1ccccc1)c1ccncc1)C1CC1(Cl)Cl. The third-order valence-electron chi connectivity index (χ3n) is 3.60. The summed E-state index contributed by atoms with van der Waals surface area (Å²) >= 11 is 11.9. The Labute approximate surface area is 133 Å². The van der Waals surface area contributed by atoms with Crippen LogP contribution in [0.1, 0.15) is 23.6 Å². The number of alkyl halides is 2. The molecule has 21 heavy (non-hydrogen) atoms. The highest BCUT2D eigenvalue weighted by molar-refractivity contribution is 6.52. The molecule has 0 radical (unpaired) electrons. The molecule has 0 bridgehead atoms. The molecule has 0 spiro atoms. The number of nitrogens with zero attached hydrogens (tertiary/aromatic N) is 1. The summed E-state index contributed by atoms with van der Waals surface area (Å²) in [6.45, 7) is 0. The summed E-state index contributed by atoms with van der Waals surface area (Å²) in [5.41, 5.74) is 1.98. The average Bonchev–Trinajstić information content (AvgIpc) is 3.15. The minimum Gasteiger partial charge on any atom is -0.345 e. The molecule has 1 aliphatic carbocycles. The summed E-state index contributed by atoms with van der Waals surface area (Å²) in [6.07, 6.45) is 3.92. The zero-order valence-corrected chi connectivity index (χ0v) is 12.7. The Morgan fingerprint density at radius 2 is 1.71 bits per heavy atom. The highest BCUT2D eigenvalue weighted by Crippen LogP contribution is 2.53. The average molecular weight is 321 g/mol. The number of halogens is 2. The predicted octanol–water partition coefficient (Wildman–Crippen LogP) is 3.48. The molecule has 1 saturated carbocycles. The van der Waals surface area contributed by atoms with Gasteiger partial charge in [-0.05, 0) is 29.7 Å². The number of hydrogen-bond donors (Lipinski definition) is 1. The largest absolute Gasteiger partial charge is 0.345 e. The van der Waals surface area contributed by atoms with E-state index in [0.717, 1.165) is 11.1 Å². The van der Waals surface area contributed by atoms with Crippen LogP contribution < -0.4 is 5.32 Å². The van der Waals surface area contributed by atoms with Gasteiger partial charge in [0.05, 0.1) is 12.0 Å². The number of carbonyl (C=O) groups is 1. The second-order valence-corrected chi connectivity index (χ2v) is 6.69. The third kappa shape index (κ3) is 3.20. The van der Waals surface area contributed by atoms with Crippen LogP contribution in [0.4, 0.5) is 0 Å². The lowest BCUT2D eigenvalue weighted by molar-refractivity contribution is -0.122. The summed E-state index contributed by atoms with van der Waals surface area (Å²) in [6, 6.07) is 13.3. The Morgan fingerprint density at radius 1 is 1.14 bits per heavy atom. The van der Waals surface area contributed by atoms with Crippen LogP contribution in [0, 0.1) is 5.92 Å². The van der Waals surface area contributed by atoms with Crippen molar-refractivity contribution in [3.63, 3.8) is 0 Å². The molecule has 1 aliphatic rings. The molecule has 2 unspecified atom stereocenters. The standard InChI is InChI=1S/C16H14Cl2N2O/c17-16(18)10-13(16)15(21)20-14(11-4-2-1-3-5-11)12-6-8-19-9-7-12/h1-9,13-14H,10H2,(H,20,21). The third-order valence-corrected chi connectivity index (χ3v) is 4.44. The molecule has 1 heterocycles. The number of benzene rings is 1. The Morgan fingerprint density at radius 3 is 2.29 bits per heavy atom. The van der Waals surface area contributed by atoms with Crippen molar-refractivity contribution in [2.45, 2.75) is 16.8 Å². The van der Waals surface area contributed by atoms with Crippen molar-refractivity contribution < 1.29 is 4.79 Å². The molecule has 1 aromatic carbocycles. The maximum absolute atomic E-state index is 12.3. The van der Waals surface area contributed by atoms with Gasteiger partial charge in [0.15, 0.2) is 0 Å². The van der Waals surface area contributed by atoms with Gasteiger partial charge in [-0.15, -0.1) is 23.2 Å². The minimum atomic E-state index is -0.913. The van der Waals surface area contributed by atoms with Crippen molar-refractivity contribution in [2.24, 2.45) is 5.92 Å². The minimum absolute atomic E-state index is 0.120. The van der Waals surface area contributed by atoms with Crippen LogP contribution in [-0.2, 0) is 4.79 Å². The Hall–Kier alpha value is -1.58. The molecule has 108 valence electrons. The number of pyridine rings is 1. The van der Waals surface area contributed by atoms with Gasteiger partial charge < -0.3 is 5.32 Å². The molecular formula is C16H14Cl2N2O. The lowest BCUT2D eigenvalue weighted by Crippen LogP contribution is -2.31. The Bertz CT molecular complexity index is 592. The van der Waals surface area contributed by atoms with E-state index in [1.165, 1.54) is 0 Å². The molecule has 1 amide bonds. The van der Waals surface area contributed by atoms with Gasteiger partial charge >= 0.3 is 0 Å². The molecule has 1 fully saturated rings. The van der Waals surface area contributed by atoms with Gasteiger partial charge in [-0.25, -0.2) is 0 Å². The van der Waals surface area contributed by atoms with Gasteiger partial charge in [0, 0.05) is 12.4 Å². The van der Waals surface area contributed by atoms with E-state index >= 15 is 0 Å². The molecule has 3 rings (SSSR count). The first-order valence-electron chi connectivity index (χ1n) is 6.71. The molecule has 0 aliphatic heterocycles. The van der Waals surface area contributed by atoms with Crippen LogP contribution in [0.3, 0.4) is 0 Å². The maximum Gasteiger partial charge on any atom is 0.227 e. The van der Waals surface area contributed by atoms with Crippen LogP contribution in [0.5, 0.6) is 0 Å². The summed E-state index contributed by atoms with van der Waals surface area (Å²) in [7, 11) is 0. The lowest BCUT2D eigenvalue weighted by Gasteiger charge is -2.20. The van der Waals surface area contributed by atoms with Crippen LogP contribution in [0.15, 0.2) is 54.9 Å². The van der Waals surface area contributed by atoms with Crippen molar-refractivity contribution in [1.82, 2.24) is 10.3 Å². The van der Waals surface area contributed by atoms with Gasteiger partial charge in [0.1, 0.15) is 4.33 Å². The van der Waals surface area contributed by atoms with Gasteiger partial charge in [0.2, 0.25) is 5.91 Å². The molecule has 2 atom stereocenters. The van der Waals surface area contributed by atoms with E-state index in [0.29, 0.717) is 6.42 Å². The molecule has 0 saturated heterocycles. The first kappa shape index (κ1) is 14.4. The summed E-state index contributed by atoms with van der Waals surface area (Å²) in [5.74, 6) is -0.459. The lowest BCUT2D eigenvalue weighted by atomic mass is 9.99. The first-order valence-corrected chi connectivity index (χ1v) is 7.46. The van der Waals surface area contributed by atoms with Gasteiger partial charge in [-0.1, -0.05) is 30.3 Å². The van der Waals surface area contributed by atoms with E-state index < -0.39 is 4.33 Å². The topological polar surface area (TPSA) is 42.0 Å². The van der Waals surface area contributed by atoms with E-state index in [-0.39, 0.29) is 17.9 Å². The van der Waals surface area contributed by atoms with Crippen LogP contribution in [0.2, 0.25) is 0 Å². The van der Waals surface area contributed by atoms with E-state index in [4.69, 9.17) is 23.2 Å². The van der Waals surface area contributed by atoms with Crippen molar-refractivity contribution >= 4 is 29.1 Å². The van der Waals surface area contributed by atoms with E-state index in [1.807, 2.05) is 42.5 Å². The quantitative estimate of drug-likeness (QED) is 0.876. The zero-order valence-electron chi connectivity index (χ0n) is 11.2. The maximum atomic E-state index is 12.3. The first-order chi connectivity index (χ1) is 10.1. The van der Waals surface area contributed by atoms with Crippen LogP contribution in [0.25, 0.3) is 0 Å². The fraction of sp³-hybridized carbons (Fsp3) is 0.250. The highest BCUT2D eigenvalue weighted by Gasteiger charge is 2.56. The monoisotopic (exact) mass is 320 g/mol. The smallest absolute Gasteiger partial charge is 0.227 e. The number of rotatable bonds is 4. The summed E-state index contributed by atoms with van der Waals surface area (Å²) < 4.78 is -0.913. The number of carbonyl (C=O) groups excluding carboxylic acids is 1. The van der Waals surface area contributed by atoms with Crippen molar-refractivity contribution in [3.8, 4) is 0 Å². The molecule has 1 aromatic heterocycles.